The van der Waals surface area contributed by atoms with Crippen LogP contribution in [-0.4, -0.2) is 17.5 Å². The predicted octanol–water partition coefficient (Wildman–Crippen LogP) is 5.33. The second-order valence-electron chi connectivity index (χ2n) is 6.73. The molecule has 0 aliphatic carbocycles. The van der Waals surface area contributed by atoms with E-state index in [-0.39, 0.29) is 27.9 Å². The first-order chi connectivity index (χ1) is 15.7. The molecule has 3 aromatic carbocycles. The van der Waals surface area contributed by atoms with Gasteiger partial charge in [-0.05, 0) is 67.1 Å². The molecule has 0 saturated carbocycles. The summed E-state index contributed by atoms with van der Waals surface area (Å²) in [7, 11) is 0. The number of ether oxygens (including phenoxy) is 1. The van der Waals surface area contributed by atoms with Crippen LogP contribution < -0.4 is 15.5 Å². The van der Waals surface area contributed by atoms with Gasteiger partial charge >= 0.3 is 11.8 Å². The van der Waals surface area contributed by atoms with Crippen molar-refractivity contribution in [2.45, 2.75) is 13.5 Å². The van der Waals surface area contributed by atoms with E-state index in [9.17, 15) is 18.4 Å². The zero-order valence-corrected chi connectivity index (χ0v) is 18.7. The van der Waals surface area contributed by atoms with Gasteiger partial charge in [-0.2, -0.15) is 5.10 Å². The molecule has 3 aromatic rings. The number of carbonyl (C=O) groups is 2. The lowest BCUT2D eigenvalue weighted by atomic mass is 10.1. The average Bonchev–Trinajstić information content (AvgIpc) is 2.79. The number of hydrogen-bond donors (Lipinski definition) is 2. The van der Waals surface area contributed by atoms with Crippen molar-refractivity contribution in [3.8, 4) is 5.75 Å². The smallest absolute Gasteiger partial charge is 0.329 e. The van der Waals surface area contributed by atoms with E-state index in [1.165, 1.54) is 24.3 Å². The lowest BCUT2D eigenvalue weighted by Crippen LogP contribution is -2.32. The van der Waals surface area contributed by atoms with Crippen molar-refractivity contribution in [2.75, 3.05) is 5.32 Å². The Hall–Kier alpha value is -3.49. The third-order valence-corrected chi connectivity index (χ3v) is 5.07. The molecule has 2 amide bonds. The fraction of sp³-hybridized carbons (Fsp3) is 0.0870. The molecule has 0 aromatic heterocycles. The normalized spacial score (nSPS) is 11.1. The van der Waals surface area contributed by atoms with Crippen molar-refractivity contribution in [1.82, 2.24) is 5.43 Å². The SMILES string of the molecule is C/C(=N\NC(=O)C(=O)Nc1ccc(F)c(Cl)c1)c1ccc(OCc2c(F)cccc2Cl)cc1. The van der Waals surface area contributed by atoms with E-state index < -0.39 is 23.4 Å². The molecule has 0 spiro atoms. The number of amides is 2. The maximum atomic E-state index is 13.8. The van der Waals surface area contributed by atoms with Crippen LogP contribution in [-0.2, 0) is 16.2 Å². The molecule has 2 N–H and O–H groups in total. The molecule has 0 unspecified atom stereocenters. The van der Waals surface area contributed by atoms with E-state index in [1.54, 1.807) is 37.3 Å². The van der Waals surface area contributed by atoms with Crippen LogP contribution in [0.5, 0.6) is 5.75 Å². The Morgan fingerprint density at radius 2 is 1.67 bits per heavy atom. The molecule has 0 aliphatic rings. The molecule has 33 heavy (non-hydrogen) atoms. The summed E-state index contributed by atoms with van der Waals surface area (Å²) < 4.78 is 32.6. The maximum Gasteiger partial charge on any atom is 0.329 e. The molecule has 0 aliphatic heterocycles. The fourth-order valence-corrected chi connectivity index (χ4v) is 3.03. The van der Waals surface area contributed by atoms with Gasteiger partial charge in [0.15, 0.2) is 0 Å². The zero-order chi connectivity index (χ0) is 24.0. The minimum absolute atomic E-state index is 0.0393. The first-order valence-corrected chi connectivity index (χ1v) is 10.3. The second-order valence-corrected chi connectivity index (χ2v) is 7.55. The van der Waals surface area contributed by atoms with Gasteiger partial charge in [-0.1, -0.05) is 29.3 Å². The van der Waals surface area contributed by atoms with Crippen molar-refractivity contribution in [2.24, 2.45) is 5.10 Å². The predicted molar refractivity (Wildman–Crippen MR) is 123 cm³/mol. The standard InChI is InChI=1S/C23H17Cl2F2N3O3/c1-13(29-30-23(32)22(31)28-15-7-10-21(27)19(25)11-15)14-5-8-16(9-6-14)33-12-17-18(24)3-2-4-20(17)26/h2-11H,12H2,1H3,(H,28,31)(H,30,32)/b29-13+. The van der Waals surface area contributed by atoms with Crippen LogP contribution in [0.15, 0.2) is 65.8 Å². The highest BCUT2D eigenvalue weighted by atomic mass is 35.5. The van der Waals surface area contributed by atoms with Gasteiger partial charge in [0, 0.05) is 11.3 Å². The minimum Gasteiger partial charge on any atom is -0.489 e. The molecular formula is C23H17Cl2F2N3O3. The van der Waals surface area contributed by atoms with E-state index in [4.69, 9.17) is 27.9 Å². The number of hydrogen-bond acceptors (Lipinski definition) is 4. The average molecular weight is 492 g/mol. The quantitative estimate of drug-likeness (QED) is 0.278. The summed E-state index contributed by atoms with van der Waals surface area (Å²) in [6, 6.07) is 14.6. The lowest BCUT2D eigenvalue weighted by Gasteiger charge is -2.09. The van der Waals surface area contributed by atoms with Crippen LogP contribution in [0.4, 0.5) is 14.5 Å². The monoisotopic (exact) mass is 491 g/mol. The van der Waals surface area contributed by atoms with Gasteiger partial charge in [0.2, 0.25) is 0 Å². The number of nitrogens with one attached hydrogen (secondary N) is 2. The zero-order valence-electron chi connectivity index (χ0n) is 17.2. The molecular weight excluding hydrogens is 475 g/mol. The minimum atomic E-state index is -1.02. The highest BCUT2D eigenvalue weighted by Gasteiger charge is 2.14. The molecule has 0 heterocycles. The molecule has 0 radical (unpaired) electrons. The number of anilines is 1. The Balaban J connectivity index is 1.56. The number of benzene rings is 3. The molecule has 0 saturated heterocycles. The molecule has 0 bridgehead atoms. The largest absolute Gasteiger partial charge is 0.489 e. The van der Waals surface area contributed by atoms with Gasteiger partial charge in [0.25, 0.3) is 0 Å². The number of carbonyl (C=O) groups excluding carboxylic acids is 2. The Morgan fingerprint density at radius 3 is 2.33 bits per heavy atom. The maximum absolute atomic E-state index is 13.8. The van der Waals surface area contributed by atoms with Gasteiger partial charge in [0.05, 0.1) is 15.8 Å². The fourth-order valence-electron chi connectivity index (χ4n) is 2.63. The summed E-state index contributed by atoms with van der Waals surface area (Å²) in [6.07, 6.45) is 0. The molecule has 170 valence electrons. The van der Waals surface area contributed by atoms with Crippen LogP contribution in [0.1, 0.15) is 18.1 Å². The van der Waals surface area contributed by atoms with Gasteiger partial charge in [-0.15, -0.1) is 0 Å². The Bertz CT molecular complexity index is 1200. The lowest BCUT2D eigenvalue weighted by molar-refractivity contribution is -0.136. The summed E-state index contributed by atoms with van der Waals surface area (Å²) >= 11 is 11.6. The summed E-state index contributed by atoms with van der Waals surface area (Å²) in [6.45, 7) is 1.59. The highest BCUT2D eigenvalue weighted by Crippen LogP contribution is 2.22. The number of nitrogens with zero attached hydrogens (tertiary/aromatic N) is 1. The van der Waals surface area contributed by atoms with Crippen molar-refractivity contribution >= 4 is 46.4 Å². The molecule has 0 atom stereocenters. The highest BCUT2D eigenvalue weighted by molar-refractivity contribution is 6.40. The van der Waals surface area contributed by atoms with Gasteiger partial charge < -0.3 is 10.1 Å². The Kier molecular flexibility index (Phi) is 7.97. The van der Waals surface area contributed by atoms with Gasteiger partial charge in [0.1, 0.15) is 24.0 Å². The van der Waals surface area contributed by atoms with E-state index in [0.717, 1.165) is 6.07 Å². The van der Waals surface area contributed by atoms with Crippen LogP contribution in [0, 0.1) is 11.6 Å². The first kappa shape index (κ1) is 24.2. The first-order valence-electron chi connectivity index (χ1n) is 9.51. The third-order valence-electron chi connectivity index (χ3n) is 4.43. The topological polar surface area (TPSA) is 79.8 Å². The van der Waals surface area contributed by atoms with Crippen LogP contribution in [0.25, 0.3) is 0 Å². The Morgan fingerprint density at radius 1 is 0.939 bits per heavy atom. The summed E-state index contributed by atoms with van der Waals surface area (Å²) in [5.41, 5.74) is 3.63. The van der Waals surface area contributed by atoms with Gasteiger partial charge in [-0.25, -0.2) is 14.2 Å². The Labute approximate surface area is 198 Å². The van der Waals surface area contributed by atoms with Crippen molar-refractivity contribution < 1.29 is 23.1 Å². The summed E-state index contributed by atoms with van der Waals surface area (Å²) in [4.78, 5) is 23.9. The number of hydrazone groups is 1. The number of rotatable bonds is 6. The van der Waals surface area contributed by atoms with E-state index in [1.807, 2.05) is 0 Å². The van der Waals surface area contributed by atoms with Crippen molar-refractivity contribution in [3.05, 3.63) is 93.5 Å². The molecule has 0 fully saturated rings. The van der Waals surface area contributed by atoms with Crippen LogP contribution in [0.3, 0.4) is 0 Å². The third kappa shape index (κ3) is 6.50. The van der Waals surface area contributed by atoms with E-state index in [0.29, 0.717) is 17.0 Å². The summed E-state index contributed by atoms with van der Waals surface area (Å²) in [5.74, 6) is -2.63. The summed E-state index contributed by atoms with van der Waals surface area (Å²) in [5, 5.41) is 6.28. The number of halogens is 4. The molecule has 3 rings (SSSR count). The molecule has 10 heteroatoms. The van der Waals surface area contributed by atoms with Crippen LogP contribution >= 0.6 is 23.2 Å². The van der Waals surface area contributed by atoms with E-state index in [2.05, 4.69) is 15.8 Å². The van der Waals surface area contributed by atoms with E-state index >= 15 is 0 Å². The van der Waals surface area contributed by atoms with Crippen molar-refractivity contribution in [1.29, 1.82) is 0 Å². The van der Waals surface area contributed by atoms with Gasteiger partial charge in [-0.3, -0.25) is 9.59 Å². The second kappa shape index (κ2) is 10.9. The van der Waals surface area contributed by atoms with Crippen molar-refractivity contribution in [3.63, 3.8) is 0 Å². The molecule has 6 nitrogen and oxygen atoms in total. The van der Waals surface area contributed by atoms with Crippen LogP contribution in [0.2, 0.25) is 10.0 Å².